The van der Waals surface area contributed by atoms with Crippen LogP contribution in [0.2, 0.25) is 0 Å². The zero-order valence-electron chi connectivity index (χ0n) is 15.2. The van der Waals surface area contributed by atoms with E-state index in [4.69, 9.17) is 9.47 Å². The van der Waals surface area contributed by atoms with Gasteiger partial charge < -0.3 is 14.4 Å². The van der Waals surface area contributed by atoms with Gasteiger partial charge in [0, 0.05) is 23.5 Å². The van der Waals surface area contributed by atoms with Crippen LogP contribution in [-0.4, -0.2) is 47.1 Å². The summed E-state index contributed by atoms with van der Waals surface area (Å²) >= 11 is 0. The number of hydrogen-bond donors (Lipinski definition) is 0. The Balaban J connectivity index is 1.69. The number of piperidine rings is 1. The third-order valence-electron chi connectivity index (χ3n) is 4.30. The van der Waals surface area contributed by atoms with Crippen molar-refractivity contribution in [2.75, 3.05) is 20.2 Å². The summed E-state index contributed by atoms with van der Waals surface area (Å²) in [5.74, 6) is -0.652. The van der Waals surface area contributed by atoms with Gasteiger partial charge in [-0.15, -0.1) is 0 Å². The van der Waals surface area contributed by atoms with Crippen molar-refractivity contribution in [1.29, 1.82) is 0 Å². The average molecular weight is 359 g/mol. The molecule has 6 nitrogen and oxygen atoms in total. The molecule has 0 radical (unpaired) electrons. The molecule has 1 amide bonds. The van der Waals surface area contributed by atoms with Gasteiger partial charge in [0.15, 0.2) is 11.6 Å². The number of amides is 1. The third kappa shape index (κ3) is 4.09. The first-order chi connectivity index (χ1) is 12.5. The summed E-state index contributed by atoms with van der Waals surface area (Å²) in [4.78, 5) is 22.9. The number of likely N-dealkylation sites (tertiary alicyclic amines) is 1. The first-order valence-corrected chi connectivity index (χ1v) is 8.58. The summed E-state index contributed by atoms with van der Waals surface area (Å²) in [5, 5.41) is 0. The number of halogens is 1. The van der Waals surface area contributed by atoms with Gasteiger partial charge >= 0.3 is 6.01 Å². The fraction of sp³-hybridized carbons (Fsp3) is 0.421. The van der Waals surface area contributed by atoms with E-state index in [0.29, 0.717) is 24.7 Å². The van der Waals surface area contributed by atoms with Crippen LogP contribution in [0.25, 0.3) is 0 Å². The van der Waals surface area contributed by atoms with Crippen LogP contribution in [0.5, 0.6) is 11.8 Å². The maximum atomic E-state index is 13.9. The standard InChI is InChI=1S/C19H22FN3O3/c1-12-9-13(2)22-19(21-12)26-15-5-4-8-23(11-15)18(24)14-6-7-17(25-3)16(20)10-14/h6-7,9-10,15H,4-5,8,11H2,1-3H3. The molecule has 1 aromatic carbocycles. The molecule has 7 heteroatoms. The maximum absolute atomic E-state index is 13.9. The number of methoxy groups -OCH3 is 1. The molecule has 2 heterocycles. The van der Waals surface area contributed by atoms with Crippen molar-refractivity contribution in [3.05, 3.63) is 47.0 Å². The summed E-state index contributed by atoms with van der Waals surface area (Å²) < 4.78 is 24.7. The molecule has 1 unspecified atom stereocenters. The van der Waals surface area contributed by atoms with Crippen molar-refractivity contribution in [2.24, 2.45) is 0 Å². The summed E-state index contributed by atoms with van der Waals surface area (Å²) in [6.07, 6.45) is 1.44. The fourth-order valence-electron chi connectivity index (χ4n) is 3.10. The molecule has 0 bridgehead atoms. The van der Waals surface area contributed by atoms with E-state index < -0.39 is 5.82 Å². The molecule has 3 rings (SSSR count). The predicted octanol–water partition coefficient (Wildman–Crippen LogP) is 2.92. The molecule has 1 saturated heterocycles. The summed E-state index contributed by atoms with van der Waals surface area (Å²) in [5.41, 5.74) is 1.97. The molecule has 138 valence electrons. The molecular weight excluding hydrogens is 337 g/mol. The molecule has 0 spiro atoms. The van der Waals surface area contributed by atoms with E-state index >= 15 is 0 Å². The minimum absolute atomic E-state index is 0.119. The highest BCUT2D eigenvalue weighted by molar-refractivity contribution is 5.94. The second-order valence-electron chi connectivity index (χ2n) is 6.42. The average Bonchev–Trinajstić information content (AvgIpc) is 2.60. The number of ether oxygens (including phenoxy) is 2. The van der Waals surface area contributed by atoms with E-state index in [1.54, 1.807) is 11.0 Å². The van der Waals surface area contributed by atoms with Crippen LogP contribution in [0, 0.1) is 19.7 Å². The largest absolute Gasteiger partial charge is 0.494 e. The highest BCUT2D eigenvalue weighted by atomic mass is 19.1. The Bertz CT molecular complexity index is 792. The molecule has 0 saturated carbocycles. The quantitative estimate of drug-likeness (QED) is 0.840. The van der Waals surface area contributed by atoms with Gasteiger partial charge in [-0.25, -0.2) is 14.4 Å². The highest BCUT2D eigenvalue weighted by Crippen LogP contribution is 2.21. The van der Waals surface area contributed by atoms with Crippen LogP contribution in [-0.2, 0) is 0 Å². The van der Waals surface area contributed by atoms with E-state index in [-0.39, 0.29) is 17.8 Å². The molecule has 1 aromatic heterocycles. The lowest BCUT2D eigenvalue weighted by Gasteiger charge is -2.32. The zero-order chi connectivity index (χ0) is 18.7. The Morgan fingerprint density at radius 3 is 2.62 bits per heavy atom. The molecule has 0 aliphatic carbocycles. The van der Waals surface area contributed by atoms with Crippen LogP contribution >= 0.6 is 0 Å². The summed E-state index contributed by atoms with van der Waals surface area (Å²) in [7, 11) is 1.39. The number of benzene rings is 1. The second kappa shape index (κ2) is 7.68. The van der Waals surface area contributed by atoms with Crippen LogP contribution in [0.1, 0.15) is 34.6 Å². The smallest absolute Gasteiger partial charge is 0.317 e. The number of hydrogen-bond acceptors (Lipinski definition) is 5. The van der Waals surface area contributed by atoms with Gasteiger partial charge in [-0.2, -0.15) is 0 Å². The molecule has 26 heavy (non-hydrogen) atoms. The third-order valence-corrected chi connectivity index (χ3v) is 4.30. The van der Waals surface area contributed by atoms with Crippen molar-refractivity contribution < 1.29 is 18.7 Å². The zero-order valence-corrected chi connectivity index (χ0v) is 15.2. The van der Waals surface area contributed by atoms with E-state index in [1.165, 1.54) is 19.2 Å². The molecule has 2 aromatic rings. The van der Waals surface area contributed by atoms with Crippen molar-refractivity contribution in [3.8, 4) is 11.8 Å². The minimum Gasteiger partial charge on any atom is -0.494 e. The van der Waals surface area contributed by atoms with E-state index in [9.17, 15) is 9.18 Å². The number of rotatable bonds is 4. The van der Waals surface area contributed by atoms with Gasteiger partial charge in [-0.1, -0.05) is 0 Å². The Morgan fingerprint density at radius 2 is 1.96 bits per heavy atom. The Morgan fingerprint density at radius 1 is 1.23 bits per heavy atom. The van der Waals surface area contributed by atoms with Gasteiger partial charge in [0.2, 0.25) is 0 Å². The number of carbonyl (C=O) groups excluding carboxylic acids is 1. The number of nitrogens with zero attached hydrogens (tertiary/aromatic N) is 3. The summed E-state index contributed by atoms with van der Waals surface area (Å²) in [6.45, 7) is 4.80. The van der Waals surface area contributed by atoms with Crippen LogP contribution in [0.3, 0.4) is 0 Å². The SMILES string of the molecule is COc1ccc(C(=O)N2CCCC(Oc3nc(C)cc(C)n3)C2)cc1F. The van der Waals surface area contributed by atoms with Gasteiger partial charge in [0.1, 0.15) is 6.10 Å². The van der Waals surface area contributed by atoms with Crippen LogP contribution in [0.4, 0.5) is 4.39 Å². The van der Waals surface area contributed by atoms with Gasteiger partial charge in [0.25, 0.3) is 5.91 Å². The van der Waals surface area contributed by atoms with Crippen molar-refractivity contribution in [1.82, 2.24) is 14.9 Å². The van der Waals surface area contributed by atoms with E-state index in [1.807, 2.05) is 19.9 Å². The van der Waals surface area contributed by atoms with E-state index in [0.717, 1.165) is 24.2 Å². The highest BCUT2D eigenvalue weighted by Gasteiger charge is 2.27. The minimum atomic E-state index is -0.549. The second-order valence-corrected chi connectivity index (χ2v) is 6.42. The van der Waals surface area contributed by atoms with Crippen molar-refractivity contribution in [3.63, 3.8) is 0 Å². The molecule has 1 aliphatic rings. The summed E-state index contributed by atoms with van der Waals surface area (Å²) in [6, 6.07) is 6.45. The predicted molar refractivity (Wildman–Crippen MR) is 94.0 cm³/mol. The molecule has 1 aliphatic heterocycles. The Kier molecular flexibility index (Phi) is 5.35. The Hall–Kier alpha value is -2.70. The monoisotopic (exact) mass is 359 g/mol. The van der Waals surface area contributed by atoms with Crippen LogP contribution in [0.15, 0.2) is 24.3 Å². The van der Waals surface area contributed by atoms with Gasteiger partial charge in [0.05, 0.1) is 13.7 Å². The lowest BCUT2D eigenvalue weighted by molar-refractivity contribution is 0.0514. The fourth-order valence-corrected chi connectivity index (χ4v) is 3.10. The van der Waals surface area contributed by atoms with Gasteiger partial charge in [-0.05, 0) is 51.0 Å². The van der Waals surface area contributed by atoms with Crippen molar-refractivity contribution >= 4 is 5.91 Å². The molecular formula is C19H22FN3O3. The van der Waals surface area contributed by atoms with Gasteiger partial charge in [-0.3, -0.25) is 4.79 Å². The molecule has 1 atom stereocenters. The number of aromatic nitrogens is 2. The molecule has 0 N–H and O–H groups in total. The number of carbonyl (C=O) groups is 1. The van der Waals surface area contributed by atoms with E-state index in [2.05, 4.69) is 9.97 Å². The first kappa shape index (κ1) is 18.1. The number of aryl methyl sites for hydroxylation is 2. The van der Waals surface area contributed by atoms with Crippen molar-refractivity contribution in [2.45, 2.75) is 32.8 Å². The lowest BCUT2D eigenvalue weighted by Crippen LogP contribution is -2.44. The molecule has 1 fully saturated rings. The topological polar surface area (TPSA) is 64.5 Å². The normalized spacial score (nSPS) is 17.1. The maximum Gasteiger partial charge on any atom is 0.317 e. The van der Waals surface area contributed by atoms with Crippen LogP contribution < -0.4 is 9.47 Å². The first-order valence-electron chi connectivity index (χ1n) is 8.58. The Labute approximate surface area is 152 Å². The lowest BCUT2D eigenvalue weighted by atomic mass is 10.1.